The molecular formula is C12H20ClNO3S. The molecule has 104 valence electrons. The fourth-order valence-corrected chi connectivity index (χ4v) is 3.24. The zero-order chi connectivity index (χ0) is 13.8. The molecule has 4 nitrogen and oxygen atoms in total. The van der Waals surface area contributed by atoms with Crippen LogP contribution >= 0.6 is 11.6 Å². The molecule has 0 atom stereocenters. The lowest BCUT2D eigenvalue weighted by molar-refractivity contribution is 0.449. The molecule has 0 aliphatic heterocycles. The monoisotopic (exact) mass is 293 g/mol. The van der Waals surface area contributed by atoms with E-state index in [1.807, 2.05) is 0 Å². The summed E-state index contributed by atoms with van der Waals surface area (Å²) < 4.78 is 31.3. The summed E-state index contributed by atoms with van der Waals surface area (Å²) in [4.78, 5) is 0.220. The van der Waals surface area contributed by atoms with Gasteiger partial charge in [-0.1, -0.05) is 19.8 Å². The maximum atomic E-state index is 12.3. The number of hydrogen-bond donors (Lipinski definition) is 0. The van der Waals surface area contributed by atoms with Crippen molar-refractivity contribution in [2.24, 2.45) is 0 Å². The van der Waals surface area contributed by atoms with Crippen molar-refractivity contribution in [2.45, 2.75) is 43.9 Å². The number of hydrogen-bond acceptors (Lipinski definition) is 3. The van der Waals surface area contributed by atoms with Crippen molar-refractivity contribution in [1.29, 1.82) is 0 Å². The second kappa shape index (κ2) is 6.59. The normalized spacial score (nSPS) is 12.3. The van der Waals surface area contributed by atoms with Crippen LogP contribution < -0.4 is 0 Å². The molecule has 0 radical (unpaired) electrons. The number of nitrogens with zero attached hydrogens (tertiary/aromatic N) is 1. The van der Waals surface area contributed by atoms with Gasteiger partial charge in [0.1, 0.15) is 16.4 Å². The number of halogens is 1. The molecular weight excluding hydrogens is 274 g/mol. The highest BCUT2D eigenvalue weighted by Crippen LogP contribution is 2.24. The molecule has 0 aromatic carbocycles. The zero-order valence-corrected chi connectivity index (χ0v) is 12.6. The standard InChI is InChI=1S/C12H20ClNO3S/c1-4-5-6-7-14(3)18(15,16)12-8-11(9-13)17-10(12)2/h8H,4-7,9H2,1-3H3. The van der Waals surface area contributed by atoms with Crippen LogP contribution in [0.3, 0.4) is 0 Å². The highest BCUT2D eigenvalue weighted by molar-refractivity contribution is 7.89. The summed E-state index contributed by atoms with van der Waals surface area (Å²) in [5.74, 6) is 1.05. The van der Waals surface area contributed by atoms with Crippen molar-refractivity contribution in [3.05, 3.63) is 17.6 Å². The van der Waals surface area contributed by atoms with Gasteiger partial charge in [-0.25, -0.2) is 12.7 Å². The van der Waals surface area contributed by atoms with Gasteiger partial charge in [0, 0.05) is 19.7 Å². The second-order valence-corrected chi connectivity index (χ2v) is 6.58. The molecule has 18 heavy (non-hydrogen) atoms. The van der Waals surface area contributed by atoms with Crippen LogP contribution in [0.5, 0.6) is 0 Å². The van der Waals surface area contributed by atoms with Gasteiger partial charge >= 0.3 is 0 Å². The van der Waals surface area contributed by atoms with Crippen LogP contribution in [0.2, 0.25) is 0 Å². The van der Waals surface area contributed by atoms with Crippen LogP contribution in [-0.2, 0) is 15.9 Å². The minimum absolute atomic E-state index is 0.176. The van der Waals surface area contributed by atoms with Gasteiger partial charge in [0.15, 0.2) is 0 Å². The highest BCUT2D eigenvalue weighted by atomic mass is 35.5. The van der Waals surface area contributed by atoms with Gasteiger partial charge in [-0.3, -0.25) is 0 Å². The van der Waals surface area contributed by atoms with E-state index in [0.717, 1.165) is 19.3 Å². The Bertz CT molecular complexity index is 482. The quantitative estimate of drug-likeness (QED) is 0.573. The highest BCUT2D eigenvalue weighted by Gasteiger charge is 2.25. The predicted octanol–water partition coefficient (Wildman–Crippen LogP) is 3.14. The fourth-order valence-electron chi connectivity index (χ4n) is 1.72. The van der Waals surface area contributed by atoms with E-state index in [2.05, 4.69) is 6.92 Å². The molecule has 1 aromatic heterocycles. The number of alkyl halides is 1. The predicted molar refractivity (Wildman–Crippen MR) is 72.3 cm³/mol. The second-order valence-electron chi connectivity index (χ2n) is 4.30. The zero-order valence-electron chi connectivity index (χ0n) is 11.1. The summed E-state index contributed by atoms with van der Waals surface area (Å²) in [6.45, 7) is 4.25. The first-order chi connectivity index (χ1) is 8.43. The molecule has 0 bridgehead atoms. The molecule has 0 aliphatic carbocycles. The van der Waals surface area contributed by atoms with E-state index in [4.69, 9.17) is 16.0 Å². The minimum Gasteiger partial charge on any atom is -0.464 e. The van der Waals surface area contributed by atoms with E-state index >= 15 is 0 Å². The Hall–Kier alpha value is -0.520. The molecule has 0 fully saturated rings. The lowest BCUT2D eigenvalue weighted by Crippen LogP contribution is -2.28. The molecule has 0 spiro atoms. The summed E-state index contributed by atoms with van der Waals surface area (Å²) in [6, 6.07) is 1.51. The maximum Gasteiger partial charge on any atom is 0.246 e. The Morgan fingerprint density at radius 2 is 2.06 bits per heavy atom. The number of sulfonamides is 1. The lowest BCUT2D eigenvalue weighted by Gasteiger charge is -2.16. The van der Waals surface area contributed by atoms with Crippen molar-refractivity contribution < 1.29 is 12.8 Å². The lowest BCUT2D eigenvalue weighted by atomic mass is 10.2. The Morgan fingerprint density at radius 1 is 1.39 bits per heavy atom. The van der Waals surface area contributed by atoms with Crippen LogP contribution in [0, 0.1) is 6.92 Å². The largest absolute Gasteiger partial charge is 0.464 e. The number of rotatable bonds is 7. The Kier molecular flexibility index (Phi) is 5.69. The van der Waals surface area contributed by atoms with E-state index in [9.17, 15) is 8.42 Å². The average Bonchev–Trinajstić information content (AvgIpc) is 2.71. The van der Waals surface area contributed by atoms with Crippen molar-refractivity contribution in [2.75, 3.05) is 13.6 Å². The van der Waals surface area contributed by atoms with E-state index in [-0.39, 0.29) is 10.8 Å². The fraction of sp³-hybridized carbons (Fsp3) is 0.667. The van der Waals surface area contributed by atoms with Crippen LogP contribution in [0.4, 0.5) is 0 Å². The molecule has 0 amide bonds. The van der Waals surface area contributed by atoms with Gasteiger partial charge in [-0.2, -0.15) is 0 Å². The van der Waals surface area contributed by atoms with Crippen LogP contribution in [0.25, 0.3) is 0 Å². The van der Waals surface area contributed by atoms with E-state index in [1.165, 1.54) is 10.4 Å². The Morgan fingerprint density at radius 3 is 2.56 bits per heavy atom. The number of unbranched alkanes of at least 4 members (excludes halogenated alkanes) is 2. The van der Waals surface area contributed by atoms with Crippen LogP contribution in [0.15, 0.2) is 15.4 Å². The van der Waals surface area contributed by atoms with E-state index < -0.39 is 10.0 Å². The van der Waals surface area contributed by atoms with Crippen molar-refractivity contribution in [3.63, 3.8) is 0 Å². The molecule has 1 aromatic rings. The first kappa shape index (κ1) is 15.5. The van der Waals surface area contributed by atoms with Gasteiger partial charge in [-0.15, -0.1) is 11.6 Å². The topological polar surface area (TPSA) is 50.5 Å². The summed E-state index contributed by atoms with van der Waals surface area (Å²) >= 11 is 5.64. The van der Waals surface area contributed by atoms with Gasteiger partial charge in [0.2, 0.25) is 10.0 Å². The summed E-state index contributed by atoms with van der Waals surface area (Å²) in [5, 5.41) is 0. The Balaban J connectivity index is 2.87. The number of furan rings is 1. The Labute approximate surface area is 114 Å². The third-order valence-corrected chi connectivity index (χ3v) is 5.05. The van der Waals surface area contributed by atoms with Crippen molar-refractivity contribution in [3.8, 4) is 0 Å². The first-order valence-corrected chi connectivity index (χ1v) is 8.02. The van der Waals surface area contributed by atoms with Crippen LogP contribution in [-0.4, -0.2) is 26.3 Å². The van der Waals surface area contributed by atoms with E-state index in [1.54, 1.807) is 14.0 Å². The smallest absolute Gasteiger partial charge is 0.246 e. The first-order valence-electron chi connectivity index (χ1n) is 6.05. The van der Waals surface area contributed by atoms with Gasteiger partial charge in [0.05, 0.1) is 5.88 Å². The van der Waals surface area contributed by atoms with Gasteiger partial charge in [-0.05, 0) is 13.3 Å². The molecule has 0 saturated heterocycles. The molecule has 1 heterocycles. The molecule has 0 saturated carbocycles. The number of aryl methyl sites for hydroxylation is 1. The van der Waals surface area contributed by atoms with Crippen molar-refractivity contribution in [1.82, 2.24) is 4.31 Å². The van der Waals surface area contributed by atoms with Gasteiger partial charge < -0.3 is 4.42 Å². The maximum absolute atomic E-state index is 12.3. The molecule has 0 unspecified atom stereocenters. The van der Waals surface area contributed by atoms with Crippen molar-refractivity contribution >= 4 is 21.6 Å². The average molecular weight is 294 g/mol. The molecule has 1 rings (SSSR count). The SMILES string of the molecule is CCCCCN(C)S(=O)(=O)c1cc(CCl)oc1C. The molecule has 0 aliphatic rings. The summed E-state index contributed by atoms with van der Waals surface area (Å²) in [6.07, 6.45) is 2.96. The summed E-state index contributed by atoms with van der Waals surface area (Å²) in [7, 11) is -1.86. The third kappa shape index (κ3) is 3.49. The molecule has 6 heteroatoms. The van der Waals surface area contributed by atoms with Crippen LogP contribution in [0.1, 0.15) is 37.7 Å². The summed E-state index contributed by atoms with van der Waals surface area (Å²) in [5.41, 5.74) is 0. The third-order valence-electron chi connectivity index (χ3n) is 2.82. The minimum atomic E-state index is -3.46. The molecule has 0 N–H and O–H groups in total. The van der Waals surface area contributed by atoms with E-state index in [0.29, 0.717) is 18.1 Å². The van der Waals surface area contributed by atoms with Gasteiger partial charge in [0.25, 0.3) is 0 Å².